The quantitative estimate of drug-likeness (QED) is 0.555. The van der Waals surface area contributed by atoms with E-state index in [-0.39, 0.29) is 13.2 Å². The molecule has 0 atom stereocenters. The zero-order valence-corrected chi connectivity index (χ0v) is 8.12. The second-order valence-corrected chi connectivity index (χ2v) is 2.82. The van der Waals surface area contributed by atoms with Crippen LogP contribution >= 0.6 is 11.6 Å². The summed E-state index contributed by atoms with van der Waals surface area (Å²) in [5.41, 5.74) is 0. The van der Waals surface area contributed by atoms with E-state index >= 15 is 0 Å². The number of carbonyl (C=O) groups is 1. The Kier molecular flexibility index (Phi) is 6.65. The van der Waals surface area contributed by atoms with E-state index in [1.807, 2.05) is 0 Å². The molecule has 0 aliphatic heterocycles. The number of hydrogen-bond donors (Lipinski definition) is 1. The molecular formula is C7H11ClF3NO2. The molecule has 14 heavy (non-hydrogen) atoms. The van der Waals surface area contributed by atoms with Crippen molar-refractivity contribution in [3.8, 4) is 0 Å². The lowest BCUT2D eigenvalue weighted by molar-refractivity contribution is -0.153. The van der Waals surface area contributed by atoms with Crippen LogP contribution in [-0.2, 0) is 9.53 Å². The number of halogens is 4. The molecule has 0 heterocycles. The highest BCUT2D eigenvalue weighted by Crippen LogP contribution is 2.18. The monoisotopic (exact) mass is 233 g/mol. The third-order valence-electron chi connectivity index (χ3n) is 1.15. The molecule has 0 fully saturated rings. The molecule has 0 rings (SSSR count). The smallest absolute Gasteiger partial charge is 0.378 e. The van der Waals surface area contributed by atoms with Crippen molar-refractivity contribution in [1.82, 2.24) is 5.32 Å². The van der Waals surface area contributed by atoms with Gasteiger partial charge in [-0.2, -0.15) is 13.2 Å². The summed E-state index contributed by atoms with van der Waals surface area (Å²) in [6.07, 6.45) is -5.91. The first-order valence-electron chi connectivity index (χ1n) is 3.93. The van der Waals surface area contributed by atoms with Gasteiger partial charge in [0, 0.05) is 12.4 Å². The Balaban J connectivity index is 3.36. The summed E-state index contributed by atoms with van der Waals surface area (Å²) in [4.78, 5) is 10.6. The summed E-state index contributed by atoms with van der Waals surface area (Å²) in [5, 5.41) is 2.07. The summed E-state index contributed by atoms with van der Waals surface area (Å²) in [6, 6.07) is 0. The fourth-order valence-corrected chi connectivity index (χ4v) is 0.773. The molecule has 0 aromatic carbocycles. The van der Waals surface area contributed by atoms with Crippen molar-refractivity contribution < 1.29 is 22.7 Å². The van der Waals surface area contributed by atoms with Gasteiger partial charge in [-0.15, -0.1) is 11.6 Å². The van der Waals surface area contributed by atoms with E-state index in [9.17, 15) is 18.0 Å². The summed E-state index contributed by atoms with van der Waals surface area (Å²) in [6.45, 7) is 0.540. The van der Waals surface area contributed by atoms with Crippen LogP contribution in [0.25, 0.3) is 0 Å². The average Bonchev–Trinajstić information content (AvgIpc) is 2.00. The van der Waals surface area contributed by atoms with E-state index in [1.165, 1.54) is 0 Å². The first-order chi connectivity index (χ1) is 6.45. The van der Waals surface area contributed by atoms with Crippen LogP contribution in [0.15, 0.2) is 0 Å². The second-order valence-electron chi connectivity index (χ2n) is 2.44. The molecule has 0 aliphatic rings. The number of alkyl halides is 4. The normalized spacial score (nSPS) is 11.4. The van der Waals surface area contributed by atoms with Crippen LogP contribution in [0.4, 0.5) is 13.2 Å². The van der Waals surface area contributed by atoms with Gasteiger partial charge in [-0.1, -0.05) is 0 Å². The maximum absolute atomic E-state index is 11.6. The van der Waals surface area contributed by atoms with Gasteiger partial charge < -0.3 is 10.1 Å². The fourth-order valence-electron chi connectivity index (χ4n) is 0.664. The van der Waals surface area contributed by atoms with Crippen molar-refractivity contribution in [2.24, 2.45) is 0 Å². The Hall–Kier alpha value is -0.490. The largest absolute Gasteiger partial charge is 0.397 e. The maximum atomic E-state index is 11.6. The van der Waals surface area contributed by atoms with Crippen LogP contribution in [0.5, 0.6) is 0 Å². The minimum atomic E-state index is -4.46. The summed E-state index contributed by atoms with van der Waals surface area (Å²) < 4.78 is 39.7. The van der Waals surface area contributed by atoms with Crippen molar-refractivity contribution in [1.29, 1.82) is 0 Å². The summed E-state index contributed by atoms with van der Waals surface area (Å²) in [7, 11) is 0. The predicted octanol–water partition coefficient (Wildman–Crippen LogP) is 1.31. The minimum absolute atomic E-state index is 0.0613. The second kappa shape index (κ2) is 6.89. The van der Waals surface area contributed by atoms with E-state index in [1.54, 1.807) is 0 Å². The Morgan fingerprint density at radius 1 is 1.36 bits per heavy atom. The maximum Gasteiger partial charge on any atom is 0.397 e. The lowest BCUT2D eigenvalue weighted by Gasteiger charge is -2.07. The molecule has 84 valence electrons. The van der Waals surface area contributed by atoms with Gasteiger partial charge >= 0.3 is 6.18 Å². The van der Waals surface area contributed by atoms with Crippen LogP contribution in [-0.4, -0.2) is 37.7 Å². The molecule has 0 saturated heterocycles. The molecule has 0 aliphatic carbocycles. The molecule has 0 saturated carbocycles. The molecule has 3 nitrogen and oxygen atoms in total. The summed E-state index contributed by atoms with van der Waals surface area (Å²) >= 11 is 5.27. The molecule has 7 heteroatoms. The van der Waals surface area contributed by atoms with E-state index in [2.05, 4.69) is 5.32 Å². The van der Waals surface area contributed by atoms with Gasteiger partial charge in [-0.25, -0.2) is 0 Å². The van der Waals surface area contributed by atoms with E-state index in [0.29, 0.717) is 12.5 Å². The van der Waals surface area contributed by atoms with E-state index in [4.69, 9.17) is 16.3 Å². The predicted molar refractivity (Wildman–Crippen MR) is 45.2 cm³/mol. The SMILES string of the molecule is O=C(CC(F)(F)F)NCCOCCCl. The van der Waals surface area contributed by atoms with Gasteiger partial charge in [-0.05, 0) is 0 Å². The number of ether oxygens (including phenoxy) is 1. The lowest BCUT2D eigenvalue weighted by atomic mass is 10.4. The molecular weight excluding hydrogens is 223 g/mol. The molecule has 0 aromatic heterocycles. The van der Waals surface area contributed by atoms with Gasteiger partial charge in [0.1, 0.15) is 6.42 Å². The fraction of sp³-hybridized carbons (Fsp3) is 0.857. The highest BCUT2D eigenvalue weighted by Gasteiger charge is 2.30. The zero-order valence-electron chi connectivity index (χ0n) is 7.36. The Bertz CT molecular complexity index is 175. The first-order valence-corrected chi connectivity index (χ1v) is 4.46. The van der Waals surface area contributed by atoms with Crippen molar-refractivity contribution in [3.05, 3.63) is 0 Å². The van der Waals surface area contributed by atoms with Crippen molar-refractivity contribution in [2.45, 2.75) is 12.6 Å². The van der Waals surface area contributed by atoms with E-state index < -0.39 is 18.5 Å². The molecule has 1 N–H and O–H groups in total. The van der Waals surface area contributed by atoms with Crippen molar-refractivity contribution >= 4 is 17.5 Å². The van der Waals surface area contributed by atoms with Gasteiger partial charge in [-0.3, -0.25) is 4.79 Å². The molecule has 0 spiro atoms. The average molecular weight is 234 g/mol. The molecule has 1 amide bonds. The third kappa shape index (κ3) is 9.60. The molecule has 0 radical (unpaired) electrons. The van der Waals surface area contributed by atoms with Gasteiger partial charge in [0.25, 0.3) is 0 Å². The third-order valence-corrected chi connectivity index (χ3v) is 1.31. The Morgan fingerprint density at radius 2 is 2.00 bits per heavy atom. The van der Waals surface area contributed by atoms with Crippen molar-refractivity contribution in [2.75, 3.05) is 25.6 Å². The van der Waals surface area contributed by atoms with Crippen molar-refractivity contribution in [3.63, 3.8) is 0 Å². The molecule has 0 bridgehead atoms. The van der Waals surface area contributed by atoms with Crippen LogP contribution < -0.4 is 5.32 Å². The number of carbonyl (C=O) groups excluding carboxylic acids is 1. The highest BCUT2D eigenvalue weighted by molar-refractivity contribution is 6.17. The summed E-state index contributed by atoms with van der Waals surface area (Å²) in [5.74, 6) is -0.733. The number of amides is 1. The van der Waals surface area contributed by atoms with Gasteiger partial charge in [0.15, 0.2) is 0 Å². The number of hydrogen-bond acceptors (Lipinski definition) is 2. The number of nitrogens with one attached hydrogen (secondary N) is 1. The molecule has 0 unspecified atom stereocenters. The van der Waals surface area contributed by atoms with Crippen LogP contribution in [0.3, 0.4) is 0 Å². The first kappa shape index (κ1) is 13.5. The highest BCUT2D eigenvalue weighted by atomic mass is 35.5. The van der Waals surface area contributed by atoms with E-state index in [0.717, 1.165) is 0 Å². The van der Waals surface area contributed by atoms with Gasteiger partial charge in [0.2, 0.25) is 5.91 Å². The lowest BCUT2D eigenvalue weighted by Crippen LogP contribution is -2.31. The molecule has 0 aromatic rings. The zero-order chi connectivity index (χ0) is 11.0. The van der Waals surface area contributed by atoms with Crippen LogP contribution in [0.2, 0.25) is 0 Å². The Labute approximate surface area is 84.6 Å². The topological polar surface area (TPSA) is 38.3 Å². The van der Waals surface area contributed by atoms with Crippen LogP contribution in [0.1, 0.15) is 6.42 Å². The van der Waals surface area contributed by atoms with Crippen LogP contribution in [0, 0.1) is 0 Å². The standard InChI is InChI=1S/C7H11ClF3NO2/c8-1-3-14-4-2-12-6(13)5-7(9,10)11/h1-5H2,(H,12,13). The number of rotatable bonds is 6. The minimum Gasteiger partial charge on any atom is -0.378 e. The Morgan fingerprint density at radius 3 is 2.50 bits per heavy atom. The van der Waals surface area contributed by atoms with Gasteiger partial charge in [0.05, 0.1) is 13.2 Å².